The van der Waals surface area contributed by atoms with Gasteiger partial charge < -0.3 is 19.7 Å². The van der Waals surface area contributed by atoms with Crippen molar-refractivity contribution in [1.29, 1.82) is 0 Å². The Balaban J connectivity index is 1.93. The molecule has 0 unspecified atom stereocenters. The summed E-state index contributed by atoms with van der Waals surface area (Å²) >= 11 is 3.45. The number of aliphatic imine (C=N–C) groups is 1. The average molecular weight is 425 g/mol. The molecule has 1 saturated carbocycles. The highest BCUT2D eigenvalue weighted by atomic mass is 79.9. The summed E-state index contributed by atoms with van der Waals surface area (Å²) in [5, 5.41) is 18.5. The normalized spacial score (nSPS) is 26.5. The molecule has 8 nitrogen and oxygen atoms in total. The average Bonchev–Trinajstić information content (AvgIpc) is 3.25. The van der Waals surface area contributed by atoms with Crippen molar-refractivity contribution in [3.05, 3.63) is 28.2 Å². The maximum atomic E-state index is 11.4. The van der Waals surface area contributed by atoms with Gasteiger partial charge in [0.2, 0.25) is 0 Å². The van der Waals surface area contributed by atoms with E-state index in [0.29, 0.717) is 5.75 Å². The van der Waals surface area contributed by atoms with Crippen LogP contribution in [0.3, 0.4) is 0 Å². The predicted octanol–water partition coefficient (Wildman–Crippen LogP) is 3.64. The number of benzene rings is 1. The number of amidine groups is 1. The van der Waals surface area contributed by atoms with Crippen LogP contribution in [-0.4, -0.2) is 45.5 Å². The fourth-order valence-electron chi connectivity index (χ4n) is 4.32. The van der Waals surface area contributed by atoms with E-state index in [2.05, 4.69) is 20.9 Å². The van der Waals surface area contributed by atoms with Gasteiger partial charge in [0.1, 0.15) is 23.5 Å². The summed E-state index contributed by atoms with van der Waals surface area (Å²) in [5.41, 5.74) is -1.08. The van der Waals surface area contributed by atoms with Crippen LogP contribution in [0.1, 0.15) is 32.3 Å². The third kappa shape index (κ3) is 2.03. The number of carbonyl (C=O) groups is 2. The molecule has 0 saturated heterocycles. The quantitative estimate of drug-likeness (QED) is 0.657. The number of nitrogens with zero attached hydrogens (tertiary/aromatic N) is 2. The molecule has 1 atom stereocenters. The van der Waals surface area contributed by atoms with Crippen molar-refractivity contribution in [2.24, 2.45) is 10.4 Å². The molecule has 1 aromatic carbocycles. The fourth-order valence-corrected chi connectivity index (χ4v) is 4.68. The third-order valence-corrected chi connectivity index (χ3v) is 6.21. The molecule has 2 heterocycles. The number of hydrogen-bond acceptors (Lipinski definition) is 5. The Morgan fingerprint density at radius 3 is 2.46 bits per heavy atom. The molecule has 0 bridgehead atoms. The van der Waals surface area contributed by atoms with Gasteiger partial charge in [-0.3, -0.25) is 0 Å². The lowest BCUT2D eigenvalue weighted by molar-refractivity contribution is -0.0480. The van der Waals surface area contributed by atoms with Crippen LogP contribution in [0, 0.1) is 5.41 Å². The first kappa shape index (κ1) is 17.1. The van der Waals surface area contributed by atoms with Crippen molar-refractivity contribution in [2.75, 3.05) is 6.61 Å². The highest BCUT2D eigenvalue weighted by Gasteiger charge is 2.73. The topological polar surface area (TPSA) is 109 Å². The zero-order valence-electron chi connectivity index (χ0n) is 14.2. The van der Waals surface area contributed by atoms with Crippen LogP contribution < -0.4 is 4.74 Å². The molecular formula is C17H17BrN2O6. The van der Waals surface area contributed by atoms with Gasteiger partial charge in [0.25, 0.3) is 0 Å². The molecule has 0 aromatic heterocycles. The number of halogens is 1. The zero-order valence-corrected chi connectivity index (χ0v) is 15.7. The van der Waals surface area contributed by atoms with E-state index in [9.17, 15) is 19.8 Å². The van der Waals surface area contributed by atoms with Crippen LogP contribution in [0.5, 0.6) is 5.75 Å². The molecule has 1 aromatic rings. The van der Waals surface area contributed by atoms with Crippen LogP contribution in [0.4, 0.5) is 9.59 Å². The maximum Gasteiger partial charge on any atom is 0.425 e. The minimum Gasteiger partial charge on any atom is -0.487 e. The van der Waals surface area contributed by atoms with Crippen molar-refractivity contribution in [3.8, 4) is 5.75 Å². The highest BCUT2D eigenvalue weighted by molar-refractivity contribution is 9.10. The van der Waals surface area contributed by atoms with Gasteiger partial charge in [-0.15, -0.1) is 4.90 Å². The van der Waals surface area contributed by atoms with Gasteiger partial charge in [-0.2, -0.15) is 0 Å². The number of fused-ring (bicyclic) bond motifs is 3. The van der Waals surface area contributed by atoms with Crippen molar-refractivity contribution in [2.45, 2.75) is 37.8 Å². The molecule has 2 aliphatic heterocycles. The van der Waals surface area contributed by atoms with Gasteiger partial charge >= 0.3 is 18.2 Å². The van der Waals surface area contributed by atoms with Crippen LogP contribution in [-0.2, 0) is 10.3 Å². The summed E-state index contributed by atoms with van der Waals surface area (Å²) in [4.78, 5) is 27.4. The Kier molecular flexibility index (Phi) is 3.38. The fraction of sp³-hybridized carbons (Fsp3) is 0.471. The van der Waals surface area contributed by atoms with Gasteiger partial charge in [0, 0.05) is 15.5 Å². The summed E-state index contributed by atoms with van der Waals surface area (Å²) in [6.07, 6.45) is -1.66. The van der Waals surface area contributed by atoms with Crippen LogP contribution in [0.25, 0.3) is 0 Å². The maximum absolute atomic E-state index is 11.4. The molecule has 3 aliphatic rings. The Bertz CT molecular complexity index is 849. The molecule has 138 valence electrons. The summed E-state index contributed by atoms with van der Waals surface area (Å²) in [6, 6.07) is 5.15. The molecule has 1 aliphatic carbocycles. The van der Waals surface area contributed by atoms with Gasteiger partial charge in [0.15, 0.2) is 0 Å². The number of imide groups is 1. The lowest BCUT2D eigenvalue weighted by atomic mass is 9.66. The molecule has 2 N–H and O–H groups in total. The van der Waals surface area contributed by atoms with E-state index < -0.39 is 34.8 Å². The van der Waals surface area contributed by atoms with Crippen molar-refractivity contribution in [3.63, 3.8) is 0 Å². The van der Waals surface area contributed by atoms with Gasteiger partial charge in [0.05, 0.1) is 0 Å². The van der Waals surface area contributed by atoms with Crippen LogP contribution in [0.2, 0.25) is 0 Å². The number of carboxylic acid groups (broad SMARTS) is 2. The second-order valence-corrected chi connectivity index (χ2v) is 8.19. The van der Waals surface area contributed by atoms with Crippen molar-refractivity contribution in [1.82, 2.24) is 4.90 Å². The lowest BCUT2D eigenvalue weighted by Gasteiger charge is -2.49. The number of amides is 2. The monoisotopic (exact) mass is 424 g/mol. The first-order valence-electron chi connectivity index (χ1n) is 8.11. The first-order chi connectivity index (χ1) is 12.1. The summed E-state index contributed by atoms with van der Waals surface area (Å²) in [6.45, 7) is 4.02. The first-order valence-corrected chi connectivity index (χ1v) is 8.91. The summed E-state index contributed by atoms with van der Waals surface area (Å²) < 4.78 is 12.6. The van der Waals surface area contributed by atoms with Gasteiger partial charge in [-0.05, 0) is 44.9 Å². The number of ether oxygens (including phenoxy) is 2. The Morgan fingerprint density at radius 1 is 1.23 bits per heavy atom. The van der Waals surface area contributed by atoms with E-state index in [0.717, 1.165) is 22.9 Å². The number of hydrogen-bond donors (Lipinski definition) is 2. The zero-order chi connectivity index (χ0) is 18.9. The van der Waals surface area contributed by atoms with E-state index in [1.54, 1.807) is 0 Å². The van der Waals surface area contributed by atoms with E-state index in [4.69, 9.17) is 9.47 Å². The standard InChI is InChI=1S/C17H17BrN2O6/c1-15(2)16(5-6-16)17(10-7-9(18)3-4-11(10)26-15)8-25-12(19-17)20(13(21)22)14(23)24/h3-4,7H,5-6,8H2,1-2H3,(H,21,22)(H,23,24)/t17-/m0/s1. The van der Waals surface area contributed by atoms with Crippen molar-refractivity contribution >= 4 is 34.1 Å². The van der Waals surface area contributed by atoms with E-state index in [-0.39, 0.29) is 11.5 Å². The Morgan fingerprint density at radius 2 is 1.88 bits per heavy atom. The minimum atomic E-state index is -1.65. The molecule has 0 radical (unpaired) electrons. The third-order valence-electron chi connectivity index (χ3n) is 5.72. The molecule has 9 heteroatoms. The number of rotatable bonds is 0. The highest BCUT2D eigenvalue weighted by Crippen LogP contribution is 2.71. The van der Waals surface area contributed by atoms with E-state index in [1.807, 2.05) is 32.0 Å². The van der Waals surface area contributed by atoms with Crippen LogP contribution >= 0.6 is 15.9 Å². The molecule has 1 fully saturated rings. The van der Waals surface area contributed by atoms with Gasteiger partial charge in [-0.1, -0.05) is 15.9 Å². The minimum absolute atomic E-state index is 0.0651. The van der Waals surface area contributed by atoms with Crippen LogP contribution in [0.15, 0.2) is 27.7 Å². The Labute approximate surface area is 157 Å². The second kappa shape index (κ2) is 5.12. The molecule has 2 amide bonds. The SMILES string of the molecule is CC1(C)Oc2ccc(Br)cc2[C@@]2(COC(N(C(=O)O)C(=O)O)=N2)C12CC2. The molecule has 2 spiro atoms. The predicted molar refractivity (Wildman–Crippen MR) is 93.5 cm³/mol. The molecular weight excluding hydrogens is 408 g/mol. The van der Waals surface area contributed by atoms with E-state index in [1.165, 1.54) is 0 Å². The van der Waals surface area contributed by atoms with E-state index >= 15 is 0 Å². The lowest BCUT2D eigenvalue weighted by Crippen LogP contribution is -2.55. The summed E-state index contributed by atoms with van der Waals surface area (Å²) in [5.74, 6) is 0.640. The molecule has 4 rings (SSSR count). The van der Waals surface area contributed by atoms with Gasteiger partial charge in [-0.25, -0.2) is 14.6 Å². The van der Waals surface area contributed by atoms with Crippen molar-refractivity contribution < 1.29 is 29.3 Å². The smallest absolute Gasteiger partial charge is 0.425 e. The Hall–Kier alpha value is -2.29. The second-order valence-electron chi connectivity index (χ2n) is 7.28. The largest absolute Gasteiger partial charge is 0.487 e. The summed E-state index contributed by atoms with van der Waals surface area (Å²) in [7, 11) is 0. The molecule has 26 heavy (non-hydrogen) atoms.